The highest BCUT2D eigenvalue weighted by molar-refractivity contribution is 5.57. The first-order valence-electron chi connectivity index (χ1n) is 7.18. The molecule has 2 heteroatoms. The number of nitrogens with two attached hydrogens (primary N) is 1. The van der Waals surface area contributed by atoms with Gasteiger partial charge in [-0.05, 0) is 40.4 Å². The van der Waals surface area contributed by atoms with E-state index in [1.54, 1.807) is 0 Å². The second-order valence-corrected chi connectivity index (χ2v) is 7.86. The van der Waals surface area contributed by atoms with Crippen LogP contribution in [-0.4, -0.2) is 5.11 Å². The van der Waals surface area contributed by atoms with Crippen LogP contribution in [0.5, 0.6) is 5.75 Å². The van der Waals surface area contributed by atoms with Gasteiger partial charge in [0.1, 0.15) is 5.75 Å². The van der Waals surface area contributed by atoms with Gasteiger partial charge in [-0.15, -0.1) is 0 Å². The zero-order valence-electron chi connectivity index (χ0n) is 13.1. The van der Waals surface area contributed by atoms with Crippen LogP contribution in [0.2, 0.25) is 0 Å². The van der Waals surface area contributed by atoms with Crippen molar-refractivity contribution in [3.8, 4) is 5.75 Å². The molecule has 0 aliphatic heterocycles. The number of phenols is 1. The number of hydrogen-bond acceptors (Lipinski definition) is 2. The maximum absolute atomic E-state index is 10.6. The average molecular weight is 261 g/mol. The number of fused-ring (bicyclic) bond motifs is 1. The molecule has 0 saturated carbocycles. The summed E-state index contributed by atoms with van der Waals surface area (Å²) in [6.07, 6.45) is 1.93. The summed E-state index contributed by atoms with van der Waals surface area (Å²) >= 11 is 0. The molecule has 1 atom stereocenters. The Hall–Kier alpha value is -1.02. The molecule has 0 radical (unpaired) electrons. The molecule has 1 unspecified atom stereocenters. The highest BCUT2D eigenvalue weighted by atomic mass is 16.3. The fourth-order valence-electron chi connectivity index (χ4n) is 3.09. The van der Waals surface area contributed by atoms with E-state index in [0.717, 1.165) is 24.0 Å². The fourth-order valence-corrected chi connectivity index (χ4v) is 3.09. The van der Waals surface area contributed by atoms with E-state index >= 15 is 0 Å². The largest absolute Gasteiger partial charge is 0.507 e. The second-order valence-electron chi connectivity index (χ2n) is 7.86. The van der Waals surface area contributed by atoms with Gasteiger partial charge < -0.3 is 10.8 Å². The van der Waals surface area contributed by atoms with Crippen LogP contribution in [0.4, 0.5) is 0 Å². The lowest BCUT2D eigenvalue weighted by molar-refractivity contribution is 0.434. The van der Waals surface area contributed by atoms with E-state index < -0.39 is 0 Å². The van der Waals surface area contributed by atoms with E-state index in [4.69, 9.17) is 5.73 Å². The topological polar surface area (TPSA) is 46.2 Å². The summed E-state index contributed by atoms with van der Waals surface area (Å²) in [6.45, 7) is 13.1. The minimum Gasteiger partial charge on any atom is -0.507 e. The second kappa shape index (κ2) is 4.24. The van der Waals surface area contributed by atoms with Gasteiger partial charge in [-0.3, -0.25) is 0 Å². The van der Waals surface area contributed by atoms with E-state index in [1.807, 2.05) is 0 Å². The lowest BCUT2D eigenvalue weighted by atomic mass is 9.76. The lowest BCUT2D eigenvalue weighted by Crippen LogP contribution is -2.20. The number of hydrogen-bond donors (Lipinski definition) is 2. The van der Waals surface area contributed by atoms with Crippen molar-refractivity contribution in [1.82, 2.24) is 0 Å². The summed E-state index contributed by atoms with van der Waals surface area (Å²) in [4.78, 5) is 0. The quantitative estimate of drug-likeness (QED) is 0.743. The summed E-state index contributed by atoms with van der Waals surface area (Å²) in [5, 5.41) is 10.6. The first-order valence-corrected chi connectivity index (χ1v) is 7.18. The van der Waals surface area contributed by atoms with Gasteiger partial charge >= 0.3 is 0 Å². The smallest absolute Gasteiger partial charge is 0.124 e. The Morgan fingerprint density at radius 1 is 1.05 bits per heavy atom. The van der Waals surface area contributed by atoms with E-state index in [0.29, 0.717) is 5.75 Å². The predicted octanol–water partition coefficient (Wildman–Crippen LogP) is 3.93. The van der Waals surface area contributed by atoms with Crippen LogP contribution in [0, 0.1) is 0 Å². The predicted molar refractivity (Wildman–Crippen MR) is 80.8 cm³/mol. The first-order chi connectivity index (χ1) is 8.53. The van der Waals surface area contributed by atoms with E-state index in [-0.39, 0.29) is 16.9 Å². The van der Waals surface area contributed by atoms with Crippen molar-refractivity contribution in [2.45, 2.75) is 71.3 Å². The third-order valence-electron chi connectivity index (χ3n) is 4.14. The van der Waals surface area contributed by atoms with Crippen molar-refractivity contribution in [3.05, 3.63) is 28.3 Å². The van der Waals surface area contributed by atoms with Gasteiger partial charge in [0.05, 0.1) is 0 Å². The van der Waals surface area contributed by atoms with Crippen molar-refractivity contribution in [2.75, 3.05) is 0 Å². The molecular weight excluding hydrogens is 234 g/mol. The van der Waals surface area contributed by atoms with Crippen molar-refractivity contribution in [2.24, 2.45) is 5.73 Å². The minimum atomic E-state index is -0.0680. The highest BCUT2D eigenvalue weighted by Gasteiger charge is 2.33. The van der Waals surface area contributed by atoms with Crippen LogP contribution in [0.15, 0.2) is 6.07 Å². The van der Waals surface area contributed by atoms with Gasteiger partial charge in [0.2, 0.25) is 0 Å². The SMILES string of the molecule is CC(C)(C)c1cc(C(C)(C)C)c2c(c1O)C(N)CC2. The van der Waals surface area contributed by atoms with Crippen LogP contribution in [0.3, 0.4) is 0 Å². The van der Waals surface area contributed by atoms with Crippen LogP contribution in [0.25, 0.3) is 0 Å². The fraction of sp³-hybridized carbons (Fsp3) is 0.647. The first kappa shape index (κ1) is 14.4. The molecule has 0 aromatic heterocycles. The maximum atomic E-state index is 10.6. The summed E-state index contributed by atoms with van der Waals surface area (Å²) in [5.74, 6) is 0.431. The minimum absolute atomic E-state index is 0.0154. The molecule has 2 nitrogen and oxygen atoms in total. The van der Waals surface area contributed by atoms with Crippen molar-refractivity contribution in [1.29, 1.82) is 0 Å². The van der Waals surface area contributed by atoms with Crippen LogP contribution in [0.1, 0.15) is 76.3 Å². The molecule has 1 aliphatic carbocycles. The molecule has 19 heavy (non-hydrogen) atoms. The molecule has 0 fully saturated rings. The van der Waals surface area contributed by atoms with Gasteiger partial charge in [0.25, 0.3) is 0 Å². The standard InChI is InChI=1S/C17H27NO/c1-16(2,3)11-9-12(17(4,5)6)15(19)14-10(11)7-8-13(14)18/h9,13,19H,7-8,18H2,1-6H3. The Bertz CT molecular complexity index is 503. The average Bonchev–Trinajstić information content (AvgIpc) is 2.58. The van der Waals surface area contributed by atoms with Crippen LogP contribution >= 0.6 is 0 Å². The van der Waals surface area contributed by atoms with Gasteiger partial charge in [0.15, 0.2) is 0 Å². The molecule has 1 aromatic rings. The summed E-state index contributed by atoms with van der Waals surface area (Å²) in [7, 11) is 0. The molecule has 106 valence electrons. The maximum Gasteiger partial charge on any atom is 0.124 e. The Balaban J connectivity index is 2.78. The zero-order chi connectivity index (χ0) is 14.6. The van der Waals surface area contributed by atoms with Gasteiger partial charge in [-0.2, -0.15) is 0 Å². The van der Waals surface area contributed by atoms with Crippen molar-refractivity contribution >= 4 is 0 Å². The molecule has 0 spiro atoms. The lowest BCUT2D eigenvalue weighted by Gasteiger charge is -2.29. The normalized spacial score (nSPS) is 19.6. The van der Waals surface area contributed by atoms with Gasteiger partial charge in [0, 0.05) is 11.6 Å². The summed E-state index contributed by atoms with van der Waals surface area (Å²) < 4.78 is 0. The molecule has 0 saturated heterocycles. The Labute approximate surface area is 117 Å². The molecule has 1 aliphatic rings. The van der Waals surface area contributed by atoms with Crippen molar-refractivity contribution < 1.29 is 5.11 Å². The molecular formula is C17H27NO. The third-order valence-corrected chi connectivity index (χ3v) is 4.14. The summed E-state index contributed by atoms with van der Waals surface area (Å²) in [5.41, 5.74) is 10.9. The van der Waals surface area contributed by atoms with E-state index in [9.17, 15) is 5.11 Å². The number of benzene rings is 1. The molecule has 0 amide bonds. The third kappa shape index (κ3) is 2.38. The summed E-state index contributed by atoms with van der Waals surface area (Å²) in [6, 6.07) is 2.19. The van der Waals surface area contributed by atoms with E-state index in [1.165, 1.54) is 11.1 Å². The van der Waals surface area contributed by atoms with Gasteiger partial charge in [-0.1, -0.05) is 47.6 Å². The number of aromatic hydroxyl groups is 1. The molecule has 2 rings (SSSR count). The van der Waals surface area contributed by atoms with Crippen LogP contribution in [-0.2, 0) is 17.3 Å². The Morgan fingerprint density at radius 2 is 1.58 bits per heavy atom. The van der Waals surface area contributed by atoms with E-state index in [2.05, 4.69) is 47.6 Å². The molecule has 0 bridgehead atoms. The molecule has 3 N–H and O–H groups in total. The number of rotatable bonds is 0. The molecule has 1 aromatic carbocycles. The number of phenolic OH excluding ortho intramolecular Hbond substituents is 1. The Kier molecular flexibility index (Phi) is 3.21. The van der Waals surface area contributed by atoms with Crippen LogP contribution < -0.4 is 5.73 Å². The molecule has 0 heterocycles. The zero-order valence-corrected chi connectivity index (χ0v) is 13.1. The monoisotopic (exact) mass is 261 g/mol. The van der Waals surface area contributed by atoms with Gasteiger partial charge in [-0.25, -0.2) is 0 Å². The Morgan fingerprint density at radius 3 is 2.05 bits per heavy atom. The highest BCUT2D eigenvalue weighted by Crippen LogP contribution is 2.46. The van der Waals surface area contributed by atoms with Crippen molar-refractivity contribution in [3.63, 3.8) is 0 Å².